The van der Waals surface area contributed by atoms with Gasteiger partial charge in [0.2, 0.25) is 5.95 Å². The molecular formula is C20H19F3N6O. The lowest BCUT2D eigenvalue weighted by Gasteiger charge is -2.27. The number of nitrogens with one attached hydrogen (secondary N) is 1. The third kappa shape index (κ3) is 4.43. The van der Waals surface area contributed by atoms with Crippen LogP contribution in [0.3, 0.4) is 0 Å². The lowest BCUT2D eigenvalue weighted by molar-refractivity contribution is -0.136. The molecule has 30 heavy (non-hydrogen) atoms. The topological polar surface area (TPSA) is 89.2 Å². The molecular weight excluding hydrogens is 397 g/mol. The summed E-state index contributed by atoms with van der Waals surface area (Å²) < 4.78 is 45.5. The molecule has 7 nitrogen and oxygen atoms in total. The molecule has 0 atom stereocenters. The Kier molecular flexibility index (Phi) is 5.40. The first-order valence-electron chi connectivity index (χ1n) is 9.27. The van der Waals surface area contributed by atoms with Gasteiger partial charge in [-0.25, -0.2) is 9.97 Å². The van der Waals surface area contributed by atoms with Gasteiger partial charge in [0.05, 0.1) is 30.2 Å². The van der Waals surface area contributed by atoms with E-state index in [4.69, 9.17) is 10.5 Å². The van der Waals surface area contributed by atoms with Crippen LogP contribution < -0.4 is 16.0 Å². The molecule has 1 aliphatic heterocycles. The van der Waals surface area contributed by atoms with Crippen molar-refractivity contribution in [2.45, 2.75) is 6.18 Å². The van der Waals surface area contributed by atoms with E-state index in [1.165, 1.54) is 18.2 Å². The molecule has 3 aromatic rings. The monoisotopic (exact) mass is 416 g/mol. The van der Waals surface area contributed by atoms with Crippen LogP contribution in [0.1, 0.15) is 5.56 Å². The zero-order valence-electron chi connectivity index (χ0n) is 15.9. The van der Waals surface area contributed by atoms with E-state index in [2.05, 4.69) is 20.3 Å². The molecule has 0 aliphatic carbocycles. The molecule has 0 radical (unpaired) electrons. The Morgan fingerprint density at radius 2 is 1.80 bits per heavy atom. The molecule has 1 aliphatic rings. The summed E-state index contributed by atoms with van der Waals surface area (Å²) in [5.41, 5.74) is 5.99. The van der Waals surface area contributed by atoms with Crippen LogP contribution in [0.15, 0.2) is 48.7 Å². The lowest BCUT2D eigenvalue weighted by Crippen LogP contribution is -2.37. The number of nitrogens with two attached hydrogens (primary N) is 1. The number of halogens is 3. The smallest absolute Gasteiger partial charge is 0.384 e. The van der Waals surface area contributed by atoms with Gasteiger partial charge in [-0.3, -0.25) is 0 Å². The van der Waals surface area contributed by atoms with E-state index < -0.39 is 11.7 Å². The van der Waals surface area contributed by atoms with Gasteiger partial charge in [-0.1, -0.05) is 12.1 Å². The molecule has 0 spiro atoms. The average Bonchev–Trinajstić information content (AvgIpc) is 2.74. The average molecular weight is 416 g/mol. The van der Waals surface area contributed by atoms with Crippen molar-refractivity contribution in [3.8, 4) is 11.3 Å². The van der Waals surface area contributed by atoms with E-state index in [0.717, 1.165) is 6.07 Å². The molecule has 1 saturated heterocycles. The van der Waals surface area contributed by atoms with Gasteiger partial charge >= 0.3 is 6.18 Å². The van der Waals surface area contributed by atoms with Gasteiger partial charge in [-0.15, -0.1) is 0 Å². The highest BCUT2D eigenvalue weighted by molar-refractivity contribution is 5.69. The second-order valence-corrected chi connectivity index (χ2v) is 6.68. The summed E-state index contributed by atoms with van der Waals surface area (Å²) in [5.74, 6) is 1.01. The molecule has 4 rings (SSSR count). The second kappa shape index (κ2) is 8.15. The Hall–Kier alpha value is -3.40. The number of hydrogen-bond donors (Lipinski definition) is 2. The Morgan fingerprint density at radius 3 is 2.50 bits per heavy atom. The van der Waals surface area contributed by atoms with Crippen molar-refractivity contribution in [2.75, 3.05) is 42.3 Å². The van der Waals surface area contributed by atoms with E-state index in [0.29, 0.717) is 49.3 Å². The van der Waals surface area contributed by atoms with Crippen LogP contribution in [0, 0.1) is 0 Å². The first-order valence-corrected chi connectivity index (χ1v) is 9.27. The van der Waals surface area contributed by atoms with Crippen molar-refractivity contribution >= 4 is 23.3 Å². The van der Waals surface area contributed by atoms with E-state index in [1.54, 1.807) is 24.4 Å². The van der Waals surface area contributed by atoms with Crippen molar-refractivity contribution in [3.05, 3.63) is 54.2 Å². The summed E-state index contributed by atoms with van der Waals surface area (Å²) >= 11 is 0. The van der Waals surface area contributed by atoms with Crippen molar-refractivity contribution in [3.63, 3.8) is 0 Å². The van der Waals surface area contributed by atoms with Crippen LogP contribution in [0.25, 0.3) is 11.3 Å². The summed E-state index contributed by atoms with van der Waals surface area (Å²) in [6.07, 6.45) is -2.93. The fourth-order valence-electron chi connectivity index (χ4n) is 3.09. The maximum absolute atomic E-state index is 13.4. The highest BCUT2D eigenvalue weighted by atomic mass is 19.4. The van der Waals surface area contributed by atoms with Crippen LogP contribution in [0.4, 0.5) is 36.4 Å². The second-order valence-electron chi connectivity index (χ2n) is 6.68. The van der Waals surface area contributed by atoms with Crippen LogP contribution >= 0.6 is 0 Å². The molecule has 3 heterocycles. The minimum absolute atomic E-state index is 0.0852. The quantitative estimate of drug-likeness (QED) is 0.670. The Balaban J connectivity index is 1.75. The number of para-hydroxylation sites is 1. The summed E-state index contributed by atoms with van der Waals surface area (Å²) in [5, 5.41) is 2.81. The molecule has 10 heteroatoms. The van der Waals surface area contributed by atoms with E-state index >= 15 is 0 Å². The predicted octanol–water partition coefficient (Wildman–Crippen LogP) is 3.72. The summed E-state index contributed by atoms with van der Waals surface area (Å²) in [7, 11) is 0. The van der Waals surface area contributed by atoms with Gasteiger partial charge in [0, 0.05) is 30.9 Å². The molecule has 2 aromatic heterocycles. The minimum atomic E-state index is -4.49. The highest BCUT2D eigenvalue weighted by Crippen LogP contribution is 2.36. The number of pyridine rings is 1. The first kappa shape index (κ1) is 19.9. The Labute approximate surface area is 170 Å². The summed E-state index contributed by atoms with van der Waals surface area (Å²) in [6.45, 7) is 2.22. The van der Waals surface area contributed by atoms with E-state index in [9.17, 15) is 13.2 Å². The van der Waals surface area contributed by atoms with Gasteiger partial charge < -0.3 is 20.7 Å². The normalized spacial score (nSPS) is 14.6. The van der Waals surface area contributed by atoms with Gasteiger partial charge in [0.15, 0.2) is 0 Å². The molecule has 0 bridgehead atoms. The molecule has 3 N–H and O–H groups in total. The third-order valence-electron chi connectivity index (χ3n) is 4.59. The van der Waals surface area contributed by atoms with Gasteiger partial charge in [0.1, 0.15) is 11.6 Å². The third-order valence-corrected chi connectivity index (χ3v) is 4.59. The molecule has 156 valence electrons. The number of nitrogen functional groups attached to an aromatic ring is 1. The van der Waals surface area contributed by atoms with Crippen LogP contribution in [0.5, 0.6) is 0 Å². The molecule has 1 aromatic carbocycles. The molecule has 0 unspecified atom stereocenters. The van der Waals surface area contributed by atoms with E-state index in [-0.39, 0.29) is 11.5 Å². The summed E-state index contributed by atoms with van der Waals surface area (Å²) in [4.78, 5) is 15.0. The van der Waals surface area contributed by atoms with Gasteiger partial charge in [0.25, 0.3) is 0 Å². The number of hydrogen-bond acceptors (Lipinski definition) is 7. The zero-order chi connectivity index (χ0) is 21.1. The lowest BCUT2D eigenvalue weighted by atomic mass is 10.1. The maximum Gasteiger partial charge on any atom is 0.418 e. The van der Waals surface area contributed by atoms with Crippen LogP contribution in [-0.2, 0) is 10.9 Å². The number of rotatable bonds is 4. The number of nitrogens with zero attached hydrogens (tertiary/aromatic N) is 4. The standard InChI is InChI=1S/C20H19F3N6O/c21-20(22,23)14-3-1-2-4-15(14)26-18-11-16(13-5-6-17(24)25-12-13)27-19(28-18)29-7-9-30-10-8-29/h1-6,11-12H,7-10H2,(H2,24,25)(H,26,27,28). The maximum atomic E-state index is 13.4. The number of anilines is 4. The predicted molar refractivity (Wildman–Crippen MR) is 107 cm³/mol. The van der Waals surface area contributed by atoms with Crippen molar-refractivity contribution in [1.82, 2.24) is 15.0 Å². The van der Waals surface area contributed by atoms with Crippen LogP contribution in [-0.4, -0.2) is 41.3 Å². The Bertz CT molecular complexity index is 1020. The fourth-order valence-corrected chi connectivity index (χ4v) is 3.09. The fraction of sp³-hybridized carbons (Fsp3) is 0.250. The van der Waals surface area contributed by atoms with Gasteiger partial charge in [-0.2, -0.15) is 18.2 Å². The van der Waals surface area contributed by atoms with Crippen LogP contribution in [0.2, 0.25) is 0 Å². The molecule has 0 saturated carbocycles. The molecule has 1 fully saturated rings. The number of ether oxygens (including phenoxy) is 1. The number of alkyl halides is 3. The number of aromatic nitrogens is 3. The zero-order valence-corrected chi connectivity index (χ0v) is 15.9. The largest absolute Gasteiger partial charge is 0.418 e. The summed E-state index contributed by atoms with van der Waals surface area (Å²) in [6, 6.07) is 10.2. The number of benzene rings is 1. The molecule has 0 amide bonds. The minimum Gasteiger partial charge on any atom is -0.384 e. The SMILES string of the molecule is Nc1ccc(-c2cc(Nc3ccccc3C(F)(F)F)nc(N3CCOCC3)n2)cn1. The van der Waals surface area contributed by atoms with Crippen molar-refractivity contribution < 1.29 is 17.9 Å². The first-order chi connectivity index (χ1) is 14.4. The van der Waals surface area contributed by atoms with Gasteiger partial charge in [-0.05, 0) is 24.3 Å². The van der Waals surface area contributed by atoms with E-state index in [1.807, 2.05) is 4.90 Å². The highest BCUT2D eigenvalue weighted by Gasteiger charge is 2.33. The van der Waals surface area contributed by atoms with Crippen molar-refractivity contribution in [2.24, 2.45) is 0 Å². The Morgan fingerprint density at radius 1 is 1.03 bits per heavy atom. The van der Waals surface area contributed by atoms with Crippen molar-refractivity contribution in [1.29, 1.82) is 0 Å². The number of morpholine rings is 1.